The molecule has 11 aromatic rings. The lowest BCUT2D eigenvalue weighted by molar-refractivity contribution is 1.28. The maximum atomic E-state index is 2.40. The monoisotopic (exact) mass is 801 g/mol. The van der Waals surface area contributed by atoms with Crippen LogP contribution < -0.4 is 4.90 Å². The number of rotatable bonds is 9. The van der Waals surface area contributed by atoms with Crippen molar-refractivity contribution >= 4 is 38.6 Å². The van der Waals surface area contributed by atoms with Gasteiger partial charge in [-0.05, 0) is 125 Å². The van der Waals surface area contributed by atoms with Crippen LogP contribution in [0, 0.1) is 0 Å². The summed E-state index contributed by atoms with van der Waals surface area (Å²) in [5, 5.41) is 5.01. The summed E-state index contributed by atoms with van der Waals surface area (Å²) in [5.41, 5.74) is 17.7. The largest absolute Gasteiger partial charge is 0.310 e. The SMILES string of the molecule is c1ccc(-c2ccc(N(c3ccc(-c4ccc5c(c4)c(-c4ccccc4)c(-c4ccccc4)c4ccccc45)cc3)c3ccc(-c4ccccc4)cc3-c3ccccc3)cc2)cc1. The number of fused-ring (bicyclic) bond motifs is 3. The lowest BCUT2D eigenvalue weighted by atomic mass is 9.84. The predicted molar refractivity (Wildman–Crippen MR) is 269 cm³/mol. The topological polar surface area (TPSA) is 3.24 Å². The Balaban J connectivity index is 1.07. The van der Waals surface area contributed by atoms with Crippen LogP contribution in [0.4, 0.5) is 17.1 Å². The lowest BCUT2D eigenvalue weighted by Gasteiger charge is -2.29. The summed E-state index contributed by atoms with van der Waals surface area (Å²) in [4.78, 5) is 2.40. The standard InChI is InChI=1S/C62H43N/c1-6-18-44(19-7-1)46-30-36-53(37-31-46)63(60-41-35-52(45-20-8-2-9-21-45)42-58(60)48-22-10-3-11-23-48)54-38-32-47(33-39-54)51-34-40-56-55-28-16-17-29-57(55)61(49-24-12-4-13-25-49)62(59(56)43-51)50-26-14-5-15-27-50/h1-43H. The molecule has 0 atom stereocenters. The predicted octanol–water partition coefficient (Wildman–Crippen LogP) is 17.5. The highest BCUT2D eigenvalue weighted by Gasteiger charge is 2.21. The molecule has 11 rings (SSSR count). The Kier molecular flexibility index (Phi) is 9.97. The zero-order valence-electron chi connectivity index (χ0n) is 34.8. The molecule has 0 amide bonds. The molecule has 0 fully saturated rings. The van der Waals surface area contributed by atoms with E-state index in [0.29, 0.717) is 0 Å². The van der Waals surface area contributed by atoms with E-state index in [4.69, 9.17) is 0 Å². The van der Waals surface area contributed by atoms with Crippen molar-refractivity contribution in [3.8, 4) is 66.8 Å². The van der Waals surface area contributed by atoms with Crippen molar-refractivity contribution in [2.24, 2.45) is 0 Å². The molecule has 0 aromatic heterocycles. The Hall–Kier alpha value is -8.26. The van der Waals surface area contributed by atoms with Crippen molar-refractivity contribution in [3.05, 3.63) is 261 Å². The van der Waals surface area contributed by atoms with E-state index >= 15 is 0 Å². The van der Waals surface area contributed by atoms with Crippen LogP contribution in [0.25, 0.3) is 88.3 Å². The summed E-state index contributed by atoms with van der Waals surface area (Å²) in [6.07, 6.45) is 0. The van der Waals surface area contributed by atoms with Gasteiger partial charge in [-0.25, -0.2) is 0 Å². The Labute approximate surface area is 369 Å². The molecule has 63 heavy (non-hydrogen) atoms. The summed E-state index contributed by atoms with van der Waals surface area (Å²) in [7, 11) is 0. The summed E-state index contributed by atoms with van der Waals surface area (Å²) >= 11 is 0. The van der Waals surface area contributed by atoms with Gasteiger partial charge in [-0.3, -0.25) is 0 Å². The van der Waals surface area contributed by atoms with E-state index < -0.39 is 0 Å². The fourth-order valence-electron chi connectivity index (χ4n) is 9.23. The van der Waals surface area contributed by atoms with Crippen LogP contribution >= 0.6 is 0 Å². The van der Waals surface area contributed by atoms with Gasteiger partial charge in [0.05, 0.1) is 5.69 Å². The van der Waals surface area contributed by atoms with Gasteiger partial charge in [0, 0.05) is 16.9 Å². The van der Waals surface area contributed by atoms with Crippen LogP contribution in [0.15, 0.2) is 261 Å². The molecule has 0 saturated heterocycles. The maximum absolute atomic E-state index is 2.40. The molecule has 296 valence electrons. The molecule has 0 aliphatic heterocycles. The number of nitrogens with zero attached hydrogens (tertiary/aromatic N) is 1. The first-order valence-corrected chi connectivity index (χ1v) is 21.7. The normalized spacial score (nSPS) is 11.2. The van der Waals surface area contributed by atoms with E-state index in [9.17, 15) is 0 Å². The summed E-state index contributed by atoms with van der Waals surface area (Å²) < 4.78 is 0. The van der Waals surface area contributed by atoms with Crippen LogP contribution in [-0.2, 0) is 0 Å². The summed E-state index contributed by atoms with van der Waals surface area (Å²) in [6, 6.07) is 94.6. The maximum Gasteiger partial charge on any atom is 0.0540 e. The Morgan fingerprint density at radius 3 is 1.10 bits per heavy atom. The third-order valence-electron chi connectivity index (χ3n) is 12.3. The molecular weight excluding hydrogens is 759 g/mol. The Morgan fingerprint density at radius 2 is 0.556 bits per heavy atom. The fraction of sp³-hybridized carbons (Fsp3) is 0. The van der Waals surface area contributed by atoms with Gasteiger partial charge in [-0.15, -0.1) is 0 Å². The minimum Gasteiger partial charge on any atom is -0.310 e. The minimum absolute atomic E-state index is 1.08. The van der Waals surface area contributed by atoms with Gasteiger partial charge in [0.25, 0.3) is 0 Å². The van der Waals surface area contributed by atoms with Gasteiger partial charge in [0.2, 0.25) is 0 Å². The van der Waals surface area contributed by atoms with Crippen molar-refractivity contribution in [1.29, 1.82) is 0 Å². The average molecular weight is 802 g/mol. The lowest BCUT2D eigenvalue weighted by Crippen LogP contribution is -2.11. The van der Waals surface area contributed by atoms with Gasteiger partial charge in [-0.2, -0.15) is 0 Å². The number of benzene rings is 11. The van der Waals surface area contributed by atoms with Gasteiger partial charge in [0.15, 0.2) is 0 Å². The molecule has 0 aliphatic carbocycles. The van der Waals surface area contributed by atoms with Crippen LogP contribution in [0.1, 0.15) is 0 Å². The second kappa shape index (κ2) is 16.7. The minimum atomic E-state index is 1.08. The zero-order valence-corrected chi connectivity index (χ0v) is 34.8. The van der Waals surface area contributed by atoms with E-state index in [1.165, 1.54) is 77.2 Å². The van der Waals surface area contributed by atoms with E-state index in [1.54, 1.807) is 0 Å². The molecular formula is C62H43N. The zero-order chi connectivity index (χ0) is 42.0. The smallest absolute Gasteiger partial charge is 0.0540 e. The highest BCUT2D eigenvalue weighted by atomic mass is 15.1. The molecule has 0 aliphatic rings. The highest BCUT2D eigenvalue weighted by Crippen LogP contribution is 2.47. The first-order chi connectivity index (χ1) is 31.3. The van der Waals surface area contributed by atoms with Crippen LogP contribution in [-0.4, -0.2) is 0 Å². The van der Waals surface area contributed by atoms with Crippen molar-refractivity contribution in [3.63, 3.8) is 0 Å². The van der Waals surface area contributed by atoms with Crippen molar-refractivity contribution in [2.75, 3.05) is 4.90 Å². The molecule has 11 aromatic carbocycles. The second-order valence-corrected chi connectivity index (χ2v) is 16.0. The third kappa shape index (κ3) is 7.26. The third-order valence-corrected chi connectivity index (χ3v) is 12.3. The van der Waals surface area contributed by atoms with Gasteiger partial charge >= 0.3 is 0 Å². The summed E-state index contributed by atoms with van der Waals surface area (Å²) in [5.74, 6) is 0. The fourth-order valence-corrected chi connectivity index (χ4v) is 9.23. The average Bonchev–Trinajstić information content (AvgIpc) is 3.37. The van der Waals surface area contributed by atoms with E-state index in [2.05, 4.69) is 266 Å². The first kappa shape index (κ1) is 37.7. The molecule has 0 spiro atoms. The quantitative estimate of drug-likeness (QED) is 0.131. The van der Waals surface area contributed by atoms with Crippen LogP contribution in [0.3, 0.4) is 0 Å². The van der Waals surface area contributed by atoms with Crippen molar-refractivity contribution in [1.82, 2.24) is 0 Å². The first-order valence-electron chi connectivity index (χ1n) is 21.7. The van der Waals surface area contributed by atoms with E-state index in [0.717, 1.165) is 28.2 Å². The van der Waals surface area contributed by atoms with Crippen LogP contribution in [0.5, 0.6) is 0 Å². The van der Waals surface area contributed by atoms with Crippen LogP contribution in [0.2, 0.25) is 0 Å². The van der Waals surface area contributed by atoms with Gasteiger partial charge in [0.1, 0.15) is 0 Å². The Bertz CT molecular complexity index is 3320. The van der Waals surface area contributed by atoms with Crippen molar-refractivity contribution in [2.45, 2.75) is 0 Å². The molecule has 0 bridgehead atoms. The van der Waals surface area contributed by atoms with Crippen molar-refractivity contribution < 1.29 is 0 Å². The molecule has 1 nitrogen and oxygen atoms in total. The number of hydrogen-bond donors (Lipinski definition) is 0. The molecule has 0 heterocycles. The highest BCUT2D eigenvalue weighted by molar-refractivity contribution is 6.22. The molecule has 0 N–H and O–H groups in total. The Morgan fingerprint density at radius 1 is 0.206 bits per heavy atom. The molecule has 0 saturated carbocycles. The molecule has 1 heteroatoms. The summed E-state index contributed by atoms with van der Waals surface area (Å²) in [6.45, 7) is 0. The molecule has 0 radical (unpaired) electrons. The van der Waals surface area contributed by atoms with Gasteiger partial charge in [-0.1, -0.05) is 218 Å². The number of anilines is 3. The second-order valence-electron chi connectivity index (χ2n) is 16.0. The van der Waals surface area contributed by atoms with Gasteiger partial charge < -0.3 is 4.90 Å². The van der Waals surface area contributed by atoms with E-state index in [1.807, 2.05) is 0 Å². The molecule has 0 unspecified atom stereocenters. The van der Waals surface area contributed by atoms with E-state index in [-0.39, 0.29) is 0 Å². The number of hydrogen-bond acceptors (Lipinski definition) is 1.